The van der Waals surface area contributed by atoms with Crippen LogP contribution < -0.4 is 5.32 Å². The Bertz CT molecular complexity index is 473. The highest BCUT2D eigenvalue weighted by Gasteiger charge is 2.07. The van der Waals surface area contributed by atoms with E-state index in [0.29, 0.717) is 0 Å². The minimum Gasteiger partial charge on any atom is -0.370 e. The van der Waals surface area contributed by atoms with Gasteiger partial charge in [0.25, 0.3) is 0 Å². The molecule has 17 heavy (non-hydrogen) atoms. The zero-order valence-corrected chi connectivity index (χ0v) is 11.8. The fraction of sp³-hybridized carbons (Fsp3) is 0.333. The molecule has 0 aliphatic carbocycles. The van der Waals surface area contributed by atoms with Crippen molar-refractivity contribution in [3.8, 4) is 0 Å². The van der Waals surface area contributed by atoms with E-state index < -0.39 is 0 Å². The number of aromatic nitrogens is 4. The summed E-state index contributed by atoms with van der Waals surface area (Å²) in [6.07, 6.45) is 3.51. The minimum absolute atomic E-state index is 0.760. The summed E-state index contributed by atoms with van der Waals surface area (Å²) in [5.41, 5.74) is 0. The maximum atomic E-state index is 4.42. The number of nitrogens with one attached hydrogen (secondary N) is 1. The van der Waals surface area contributed by atoms with Gasteiger partial charge < -0.3 is 5.32 Å². The van der Waals surface area contributed by atoms with Crippen LogP contribution in [0.1, 0.15) is 6.92 Å². The van der Waals surface area contributed by atoms with Crippen LogP contribution in [0.5, 0.6) is 0 Å². The van der Waals surface area contributed by atoms with Crippen LogP contribution in [0, 0.1) is 0 Å². The molecule has 5 nitrogen and oxygen atoms in total. The van der Waals surface area contributed by atoms with Gasteiger partial charge in [0.05, 0.1) is 0 Å². The van der Waals surface area contributed by atoms with Crippen LogP contribution >= 0.6 is 35.1 Å². The second kappa shape index (κ2) is 6.18. The van der Waals surface area contributed by atoms with Gasteiger partial charge in [-0.15, -0.1) is 0 Å². The number of anilines is 1. The standard InChI is InChI=1S/C9H11N5S3/c1-3-10-6-4-7(14-8(13-6)15-2)16-9-11-5-12-17-9/h4-5H,3H2,1-2H3,(H,10,13,14). The molecule has 0 spiro atoms. The van der Waals surface area contributed by atoms with Gasteiger partial charge in [-0.1, -0.05) is 11.8 Å². The van der Waals surface area contributed by atoms with Gasteiger partial charge >= 0.3 is 0 Å². The number of nitrogens with zero attached hydrogens (tertiary/aromatic N) is 4. The maximum absolute atomic E-state index is 4.42. The van der Waals surface area contributed by atoms with Crippen molar-refractivity contribution in [3.05, 3.63) is 12.4 Å². The van der Waals surface area contributed by atoms with Gasteiger partial charge in [-0.25, -0.2) is 15.0 Å². The van der Waals surface area contributed by atoms with Crippen molar-refractivity contribution < 1.29 is 0 Å². The fourth-order valence-corrected chi connectivity index (χ4v) is 2.95. The Balaban J connectivity index is 2.23. The first-order valence-corrected chi connectivity index (χ1v) is 7.74. The molecular weight excluding hydrogens is 274 g/mol. The second-order valence-electron chi connectivity index (χ2n) is 2.92. The first-order valence-electron chi connectivity index (χ1n) is 4.93. The first-order chi connectivity index (χ1) is 8.31. The van der Waals surface area contributed by atoms with E-state index in [1.807, 2.05) is 19.2 Å². The lowest BCUT2D eigenvalue weighted by atomic mass is 10.5. The molecule has 0 saturated heterocycles. The van der Waals surface area contributed by atoms with Gasteiger partial charge in [0.15, 0.2) is 9.50 Å². The first kappa shape index (κ1) is 12.6. The quantitative estimate of drug-likeness (QED) is 0.514. The highest BCUT2D eigenvalue weighted by atomic mass is 32.2. The van der Waals surface area contributed by atoms with Crippen LogP contribution in [-0.2, 0) is 0 Å². The van der Waals surface area contributed by atoms with E-state index in [0.717, 1.165) is 26.9 Å². The Labute approximate surface area is 112 Å². The Hall–Kier alpha value is -0.860. The van der Waals surface area contributed by atoms with E-state index in [2.05, 4.69) is 24.6 Å². The van der Waals surface area contributed by atoms with Gasteiger partial charge in [-0.2, -0.15) is 4.37 Å². The molecule has 0 bridgehead atoms. The second-order valence-corrected chi connectivity index (χ2v) is 5.74. The summed E-state index contributed by atoms with van der Waals surface area (Å²) in [4.78, 5) is 12.9. The molecule has 0 radical (unpaired) electrons. The lowest BCUT2D eigenvalue weighted by molar-refractivity contribution is 0.891. The third-order valence-electron chi connectivity index (χ3n) is 1.76. The Morgan fingerprint density at radius 1 is 1.41 bits per heavy atom. The van der Waals surface area contributed by atoms with E-state index in [4.69, 9.17) is 0 Å². The van der Waals surface area contributed by atoms with Crippen LogP contribution in [-0.4, -0.2) is 32.1 Å². The number of rotatable bonds is 5. The summed E-state index contributed by atoms with van der Waals surface area (Å²) in [5.74, 6) is 0.846. The molecule has 0 aliphatic heterocycles. The summed E-state index contributed by atoms with van der Waals surface area (Å²) in [5, 5.41) is 4.84. The van der Waals surface area contributed by atoms with E-state index in [1.54, 1.807) is 6.33 Å². The molecule has 0 aliphatic rings. The van der Waals surface area contributed by atoms with Crippen LogP contribution in [0.15, 0.2) is 26.9 Å². The average molecular weight is 285 g/mol. The van der Waals surface area contributed by atoms with Crippen molar-refractivity contribution in [2.75, 3.05) is 18.1 Å². The lowest BCUT2D eigenvalue weighted by Gasteiger charge is -2.05. The number of thioether (sulfide) groups is 1. The average Bonchev–Trinajstić information content (AvgIpc) is 2.82. The summed E-state index contributed by atoms with van der Waals surface area (Å²) >= 11 is 4.40. The number of hydrogen-bond acceptors (Lipinski definition) is 8. The van der Waals surface area contributed by atoms with Crippen LogP contribution in [0.4, 0.5) is 5.82 Å². The molecule has 0 amide bonds. The van der Waals surface area contributed by atoms with E-state index in [9.17, 15) is 0 Å². The molecule has 2 aromatic rings. The van der Waals surface area contributed by atoms with Gasteiger partial charge in [-0.05, 0) is 36.5 Å². The van der Waals surface area contributed by atoms with Gasteiger partial charge in [0, 0.05) is 12.6 Å². The maximum Gasteiger partial charge on any atom is 0.190 e. The topological polar surface area (TPSA) is 63.6 Å². The van der Waals surface area contributed by atoms with Crippen molar-refractivity contribution in [1.82, 2.24) is 19.3 Å². The highest BCUT2D eigenvalue weighted by molar-refractivity contribution is 8.01. The van der Waals surface area contributed by atoms with Gasteiger partial charge in [-0.3, -0.25) is 0 Å². The Morgan fingerprint density at radius 2 is 2.29 bits per heavy atom. The summed E-state index contributed by atoms with van der Waals surface area (Å²) < 4.78 is 4.85. The smallest absolute Gasteiger partial charge is 0.190 e. The third-order valence-corrected chi connectivity index (χ3v) is 3.94. The van der Waals surface area contributed by atoms with Crippen molar-refractivity contribution in [3.63, 3.8) is 0 Å². The largest absolute Gasteiger partial charge is 0.370 e. The van der Waals surface area contributed by atoms with Crippen molar-refractivity contribution in [2.45, 2.75) is 21.4 Å². The van der Waals surface area contributed by atoms with Crippen LogP contribution in [0.3, 0.4) is 0 Å². The molecular formula is C9H11N5S3. The molecule has 90 valence electrons. The van der Waals surface area contributed by atoms with Crippen molar-refractivity contribution in [1.29, 1.82) is 0 Å². The number of hydrogen-bond donors (Lipinski definition) is 1. The van der Waals surface area contributed by atoms with Gasteiger partial charge in [0.2, 0.25) is 0 Å². The third kappa shape index (κ3) is 3.55. The SMILES string of the molecule is CCNc1cc(Sc2ncns2)nc(SC)n1. The highest BCUT2D eigenvalue weighted by Crippen LogP contribution is 2.29. The molecule has 2 aromatic heterocycles. The molecule has 2 heterocycles. The Kier molecular flexibility index (Phi) is 4.57. The van der Waals surface area contributed by atoms with Crippen molar-refractivity contribution >= 4 is 40.9 Å². The normalized spacial score (nSPS) is 10.5. The summed E-state index contributed by atoms with van der Waals surface area (Å²) in [6, 6.07) is 1.93. The van der Waals surface area contributed by atoms with Gasteiger partial charge in [0.1, 0.15) is 17.2 Å². The van der Waals surface area contributed by atoms with E-state index in [1.165, 1.54) is 35.1 Å². The molecule has 0 aromatic carbocycles. The molecule has 0 unspecified atom stereocenters. The fourth-order valence-electron chi connectivity index (χ4n) is 1.12. The molecule has 1 N–H and O–H groups in total. The monoisotopic (exact) mass is 285 g/mol. The molecule has 8 heteroatoms. The van der Waals surface area contributed by atoms with Crippen LogP contribution in [0.25, 0.3) is 0 Å². The Morgan fingerprint density at radius 3 is 2.94 bits per heavy atom. The minimum atomic E-state index is 0.760. The molecule has 0 fully saturated rings. The zero-order valence-electron chi connectivity index (χ0n) is 9.38. The summed E-state index contributed by atoms with van der Waals surface area (Å²) in [6.45, 7) is 2.88. The lowest BCUT2D eigenvalue weighted by Crippen LogP contribution is -2.01. The molecule has 0 atom stereocenters. The predicted molar refractivity (Wildman–Crippen MR) is 72.0 cm³/mol. The van der Waals surface area contributed by atoms with E-state index >= 15 is 0 Å². The van der Waals surface area contributed by atoms with E-state index in [-0.39, 0.29) is 0 Å². The molecule has 2 rings (SSSR count). The predicted octanol–water partition coefficient (Wildman–Crippen LogP) is 2.63. The molecule has 0 saturated carbocycles. The zero-order chi connectivity index (χ0) is 12.1. The van der Waals surface area contributed by atoms with Crippen LogP contribution in [0.2, 0.25) is 0 Å². The summed E-state index contributed by atoms with van der Waals surface area (Å²) in [7, 11) is 0. The van der Waals surface area contributed by atoms with Crippen molar-refractivity contribution in [2.24, 2.45) is 0 Å².